The van der Waals surface area contributed by atoms with Crippen LogP contribution in [0.25, 0.3) is 22.4 Å². The molecule has 0 aliphatic carbocycles. The number of hydrogen-bond donors (Lipinski definition) is 0. The number of rotatable bonds is 3. The fourth-order valence-corrected chi connectivity index (χ4v) is 2.87. The molecule has 0 fully saturated rings. The second-order valence-electron chi connectivity index (χ2n) is 5.67. The first-order valence-corrected chi connectivity index (χ1v) is 7.79. The molecule has 0 atom stereocenters. The molecule has 0 N–H and O–H groups in total. The van der Waals surface area contributed by atoms with Gasteiger partial charge in [0.15, 0.2) is 5.69 Å². The minimum absolute atomic E-state index is 0.709. The summed E-state index contributed by atoms with van der Waals surface area (Å²) in [6, 6.07) is 22.5. The molecule has 0 amide bonds. The first-order valence-electron chi connectivity index (χ1n) is 7.79. The molecule has 24 heavy (non-hydrogen) atoms. The van der Waals surface area contributed by atoms with Gasteiger partial charge in [-0.25, -0.2) is 0 Å². The highest BCUT2D eigenvalue weighted by molar-refractivity contribution is 5.75. The van der Waals surface area contributed by atoms with Crippen LogP contribution in [0.1, 0.15) is 11.3 Å². The molecule has 0 unspecified atom stereocenters. The van der Waals surface area contributed by atoms with Crippen molar-refractivity contribution < 1.29 is 9.30 Å². The van der Waals surface area contributed by atoms with Crippen molar-refractivity contribution in [3.05, 3.63) is 71.9 Å². The smallest absolute Gasteiger partial charge is 0.213 e. The van der Waals surface area contributed by atoms with E-state index in [2.05, 4.69) is 16.7 Å². The van der Waals surface area contributed by atoms with Crippen LogP contribution in [0.4, 0.5) is 0 Å². The molecule has 3 heteroatoms. The zero-order valence-corrected chi connectivity index (χ0v) is 14.1. The topological polar surface area (TPSA) is 36.9 Å². The number of pyridine rings is 1. The summed E-state index contributed by atoms with van der Waals surface area (Å²) >= 11 is 0. The van der Waals surface area contributed by atoms with Crippen molar-refractivity contribution in [2.24, 2.45) is 7.05 Å². The van der Waals surface area contributed by atoms with Crippen molar-refractivity contribution in [3.8, 4) is 34.2 Å². The fourth-order valence-electron chi connectivity index (χ4n) is 2.87. The number of hydrogen-bond acceptors (Lipinski definition) is 2. The minimum atomic E-state index is 0.709. The average Bonchev–Trinajstić information content (AvgIpc) is 2.64. The van der Waals surface area contributed by atoms with Crippen LogP contribution in [-0.4, -0.2) is 7.11 Å². The third kappa shape index (κ3) is 2.75. The van der Waals surface area contributed by atoms with E-state index in [1.165, 1.54) is 0 Å². The second kappa shape index (κ2) is 6.55. The van der Waals surface area contributed by atoms with Gasteiger partial charge in [0.05, 0.1) is 7.11 Å². The third-order valence-corrected chi connectivity index (χ3v) is 4.36. The van der Waals surface area contributed by atoms with Crippen LogP contribution < -0.4 is 9.30 Å². The van der Waals surface area contributed by atoms with E-state index < -0.39 is 0 Å². The maximum atomic E-state index is 9.63. The van der Waals surface area contributed by atoms with Crippen LogP contribution in [0, 0.1) is 18.3 Å². The van der Waals surface area contributed by atoms with Crippen molar-refractivity contribution in [1.82, 2.24) is 0 Å². The summed E-state index contributed by atoms with van der Waals surface area (Å²) in [6.07, 6.45) is 0. The molecule has 0 saturated heterocycles. The third-order valence-electron chi connectivity index (χ3n) is 4.36. The zero-order valence-electron chi connectivity index (χ0n) is 14.1. The zero-order chi connectivity index (χ0) is 17.1. The molecule has 0 aliphatic rings. The van der Waals surface area contributed by atoms with E-state index in [1.807, 2.05) is 68.6 Å². The number of methoxy groups -OCH3 is 1. The Morgan fingerprint density at radius 3 is 2.21 bits per heavy atom. The van der Waals surface area contributed by atoms with Gasteiger partial charge in [0, 0.05) is 24.1 Å². The Labute approximate surface area is 142 Å². The molecule has 118 valence electrons. The van der Waals surface area contributed by atoms with Gasteiger partial charge in [0.1, 0.15) is 24.4 Å². The largest absolute Gasteiger partial charge is 0.497 e. The van der Waals surface area contributed by atoms with Gasteiger partial charge in [0.25, 0.3) is 0 Å². The molecule has 3 rings (SSSR count). The number of benzene rings is 2. The van der Waals surface area contributed by atoms with E-state index in [9.17, 15) is 5.26 Å². The van der Waals surface area contributed by atoms with Crippen molar-refractivity contribution in [3.63, 3.8) is 0 Å². The number of aromatic nitrogens is 1. The molecule has 0 spiro atoms. The second-order valence-corrected chi connectivity index (χ2v) is 5.67. The Morgan fingerprint density at radius 2 is 1.62 bits per heavy atom. The highest BCUT2D eigenvalue weighted by Gasteiger charge is 2.21. The lowest BCUT2D eigenvalue weighted by atomic mass is 9.96. The maximum absolute atomic E-state index is 9.63. The first-order chi connectivity index (χ1) is 11.7. The van der Waals surface area contributed by atoms with E-state index in [0.29, 0.717) is 5.56 Å². The van der Waals surface area contributed by atoms with Crippen LogP contribution >= 0.6 is 0 Å². The van der Waals surface area contributed by atoms with Gasteiger partial charge in [-0.2, -0.15) is 9.83 Å². The van der Waals surface area contributed by atoms with E-state index in [0.717, 1.165) is 33.8 Å². The molecule has 2 aromatic carbocycles. The summed E-state index contributed by atoms with van der Waals surface area (Å²) in [5.74, 6) is 0.829. The van der Waals surface area contributed by atoms with Gasteiger partial charge >= 0.3 is 0 Å². The predicted octanol–water partition coefficient (Wildman–Crippen LogP) is 4.03. The first kappa shape index (κ1) is 15.8. The summed E-state index contributed by atoms with van der Waals surface area (Å²) in [6.45, 7) is 1.98. The van der Waals surface area contributed by atoms with Gasteiger partial charge in [0.2, 0.25) is 5.69 Å². The Hall–Kier alpha value is -3.12. The van der Waals surface area contributed by atoms with Gasteiger partial charge in [-0.05, 0) is 29.8 Å². The fraction of sp³-hybridized carbons (Fsp3) is 0.143. The van der Waals surface area contributed by atoms with Crippen LogP contribution in [0.2, 0.25) is 0 Å². The number of nitriles is 1. The standard InChI is InChI=1S/C21H19N2O/c1-15-20(14-22)19(16-7-5-4-6-8-16)13-21(23(15)2)17-9-11-18(24-3)12-10-17/h4-13H,1-3H3/q+1. The number of ether oxygens (including phenoxy) is 1. The Balaban J connectivity index is 2.24. The van der Waals surface area contributed by atoms with E-state index >= 15 is 0 Å². The van der Waals surface area contributed by atoms with Crippen LogP contribution in [0.15, 0.2) is 60.7 Å². The molecule has 0 saturated carbocycles. The normalized spacial score (nSPS) is 10.2. The Kier molecular flexibility index (Phi) is 4.31. The predicted molar refractivity (Wildman–Crippen MR) is 94.5 cm³/mol. The Bertz CT molecular complexity index is 907. The van der Waals surface area contributed by atoms with E-state index in [4.69, 9.17) is 4.74 Å². The van der Waals surface area contributed by atoms with Gasteiger partial charge in [-0.15, -0.1) is 0 Å². The summed E-state index contributed by atoms with van der Waals surface area (Å²) in [5.41, 5.74) is 5.81. The average molecular weight is 315 g/mol. The lowest BCUT2D eigenvalue weighted by Gasteiger charge is -2.10. The lowest BCUT2D eigenvalue weighted by molar-refractivity contribution is -0.666. The maximum Gasteiger partial charge on any atom is 0.213 e. The minimum Gasteiger partial charge on any atom is -0.497 e. The summed E-state index contributed by atoms with van der Waals surface area (Å²) in [5, 5.41) is 9.63. The summed E-state index contributed by atoms with van der Waals surface area (Å²) in [4.78, 5) is 0. The quantitative estimate of drug-likeness (QED) is 0.684. The molecule has 1 aromatic heterocycles. The van der Waals surface area contributed by atoms with Crippen LogP contribution in [0.5, 0.6) is 5.75 Å². The van der Waals surface area contributed by atoms with Crippen molar-refractivity contribution >= 4 is 0 Å². The molecular formula is C21H19N2O+. The Morgan fingerprint density at radius 1 is 0.958 bits per heavy atom. The van der Waals surface area contributed by atoms with Crippen molar-refractivity contribution in [2.45, 2.75) is 6.92 Å². The SMILES string of the molecule is COc1ccc(-c2cc(-c3ccccc3)c(C#N)c(C)[n+]2C)cc1. The molecule has 0 aliphatic heterocycles. The van der Waals surface area contributed by atoms with Crippen molar-refractivity contribution in [1.29, 1.82) is 5.26 Å². The monoisotopic (exact) mass is 315 g/mol. The highest BCUT2D eigenvalue weighted by atomic mass is 16.5. The van der Waals surface area contributed by atoms with Gasteiger partial charge < -0.3 is 4.74 Å². The molecule has 3 aromatic rings. The molecule has 3 nitrogen and oxygen atoms in total. The van der Waals surface area contributed by atoms with E-state index in [-0.39, 0.29) is 0 Å². The molecule has 0 bridgehead atoms. The van der Waals surface area contributed by atoms with Crippen molar-refractivity contribution in [2.75, 3.05) is 7.11 Å². The van der Waals surface area contributed by atoms with Crippen LogP contribution in [0.3, 0.4) is 0 Å². The summed E-state index contributed by atoms with van der Waals surface area (Å²) in [7, 11) is 3.65. The molecule has 0 radical (unpaired) electrons. The summed E-state index contributed by atoms with van der Waals surface area (Å²) < 4.78 is 7.30. The highest BCUT2D eigenvalue weighted by Crippen LogP contribution is 2.29. The number of nitrogens with zero attached hydrogens (tertiary/aromatic N) is 2. The molecule has 1 heterocycles. The molecular weight excluding hydrogens is 296 g/mol. The van der Waals surface area contributed by atoms with Gasteiger partial charge in [-0.3, -0.25) is 0 Å². The van der Waals surface area contributed by atoms with Gasteiger partial charge in [-0.1, -0.05) is 30.3 Å². The van der Waals surface area contributed by atoms with E-state index in [1.54, 1.807) is 7.11 Å². The van der Waals surface area contributed by atoms with Crippen LogP contribution in [-0.2, 0) is 7.05 Å². The lowest BCUT2D eigenvalue weighted by Crippen LogP contribution is -2.36.